The first-order valence-electron chi connectivity index (χ1n) is 9.06. The highest BCUT2D eigenvalue weighted by atomic mass is 16.5. The molecule has 2 aromatic heterocycles. The van der Waals surface area contributed by atoms with Crippen LogP contribution in [0.1, 0.15) is 16.1 Å². The Balaban J connectivity index is 1.45. The number of aromatic nitrogens is 3. The summed E-state index contributed by atoms with van der Waals surface area (Å²) in [5.41, 5.74) is 2.85. The summed E-state index contributed by atoms with van der Waals surface area (Å²) in [7, 11) is 1.68. The molecule has 0 aliphatic carbocycles. The number of hydrogen-bond acceptors (Lipinski definition) is 4. The van der Waals surface area contributed by atoms with Crippen LogP contribution in [0.4, 0.5) is 0 Å². The van der Waals surface area contributed by atoms with Crippen molar-refractivity contribution in [2.45, 2.75) is 6.54 Å². The molecule has 1 saturated heterocycles. The minimum absolute atomic E-state index is 0.0678. The Kier molecular flexibility index (Phi) is 4.93. The molecule has 0 bridgehead atoms. The van der Waals surface area contributed by atoms with Gasteiger partial charge in [-0.3, -0.25) is 9.69 Å². The Hall–Kier alpha value is -3.06. The molecule has 0 radical (unpaired) electrons. The van der Waals surface area contributed by atoms with Crippen LogP contribution < -0.4 is 4.74 Å². The first kappa shape index (κ1) is 17.4. The van der Waals surface area contributed by atoms with Crippen molar-refractivity contribution in [1.82, 2.24) is 24.6 Å². The van der Waals surface area contributed by atoms with Crippen molar-refractivity contribution in [3.8, 4) is 11.4 Å². The van der Waals surface area contributed by atoms with Crippen LogP contribution in [0.3, 0.4) is 0 Å². The number of rotatable bonds is 5. The lowest BCUT2D eigenvalue weighted by atomic mass is 10.1. The Morgan fingerprint density at radius 1 is 1.19 bits per heavy atom. The fourth-order valence-corrected chi connectivity index (χ4v) is 3.43. The summed E-state index contributed by atoms with van der Waals surface area (Å²) in [5.74, 6) is 0.903. The monoisotopic (exact) mass is 365 g/mol. The zero-order chi connectivity index (χ0) is 18.6. The van der Waals surface area contributed by atoms with Gasteiger partial charge in [-0.2, -0.15) is 5.10 Å². The van der Waals surface area contributed by atoms with Gasteiger partial charge in [0, 0.05) is 51.3 Å². The Bertz CT molecular complexity index is 881. The molecule has 3 heterocycles. The predicted molar refractivity (Wildman–Crippen MR) is 102 cm³/mol. The molecule has 0 atom stereocenters. The maximum atomic E-state index is 12.5. The van der Waals surface area contributed by atoms with Gasteiger partial charge in [0.05, 0.1) is 12.8 Å². The first-order chi connectivity index (χ1) is 13.2. The van der Waals surface area contributed by atoms with Crippen LogP contribution in [0.2, 0.25) is 0 Å². The van der Waals surface area contributed by atoms with Gasteiger partial charge in [-0.1, -0.05) is 0 Å². The molecule has 3 aromatic rings. The average Bonchev–Trinajstić information content (AvgIpc) is 3.42. The highest BCUT2D eigenvalue weighted by Crippen LogP contribution is 2.23. The number of amides is 1. The second-order valence-corrected chi connectivity index (χ2v) is 6.60. The van der Waals surface area contributed by atoms with Gasteiger partial charge >= 0.3 is 0 Å². The molecule has 1 aliphatic heterocycles. The third-order valence-electron chi connectivity index (χ3n) is 4.92. The summed E-state index contributed by atoms with van der Waals surface area (Å²) in [6.45, 7) is 3.90. The van der Waals surface area contributed by atoms with E-state index in [2.05, 4.69) is 21.0 Å². The molecular weight excluding hydrogens is 342 g/mol. The molecular formula is C20H23N5O2. The summed E-state index contributed by atoms with van der Waals surface area (Å²) < 4.78 is 7.28. The molecule has 1 aliphatic rings. The summed E-state index contributed by atoms with van der Waals surface area (Å²) in [5, 5.41) is 4.36. The SMILES string of the molecule is COc1ccc(-n2cccn2)c(CN2CCN(C(=O)c3ccc[nH]3)CC2)c1. The van der Waals surface area contributed by atoms with E-state index in [0.717, 1.165) is 49.7 Å². The van der Waals surface area contributed by atoms with Gasteiger partial charge in [0.25, 0.3) is 5.91 Å². The number of carbonyl (C=O) groups is 1. The van der Waals surface area contributed by atoms with Gasteiger partial charge in [-0.25, -0.2) is 4.68 Å². The molecule has 1 aromatic carbocycles. The lowest BCUT2D eigenvalue weighted by Gasteiger charge is -2.34. The highest BCUT2D eigenvalue weighted by molar-refractivity contribution is 5.92. The van der Waals surface area contributed by atoms with E-state index in [1.165, 1.54) is 0 Å². The molecule has 7 nitrogen and oxygen atoms in total. The van der Waals surface area contributed by atoms with Crippen LogP contribution in [0.15, 0.2) is 55.0 Å². The van der Waals surface area contributed by atoms with Crippen LogP contribution in [0.5, 0.6) is 5.75 Å². The molecule has 0 saturated carbocycles. The molecule has 0 spiro atoms. The van der Waals surface area contributed by atoms with Crippen molar-refractivity contribution >= 4 is 5.91 Å². The minimum atomic E-state index is 0.0678. The number of hydrogen-bond donors (Lipinski definition) is 1. The number of aromatic amines is 1. The van der Waals surface area contributed by atoms with Gasteiger partial charge in [-0.05, 0) is 42.0 Å². The van der Waals surface area contributed by atoms with Gasteiger partial charge in [-0.15, -0.1) is 0 Å². The van der Waals surface area contributed by atoms with Gasteiger partial charge in [0.1, 0.15) is 11.4 Å². The maximum absolute atomic E-state index is 12.5. The lowest BCUT2D eigenvalue weighted by Crippen LogP contribution is -2.48. The zero-order valence-corrected chi connectivity index (χ0v) is 15.3. The number of methoxy groups -OCH3 is 1. The molecule has 1 N–H and O–H groups in total. The molecule has 1 amide bonds. The second kappa shape index (κ2) is 7.67. The van der Waals surface area contributed by atoms with Gasteiger partial charge < -0.3 is 14.6 Å². The molecule has 7 heteroatoms. The Labute approximate surface area is 158 Å². The average molecular weight is 365 g/mol. The number of carbonyl (C=O) groups excluding carboxylic acids is 1. The van der Waals surface area contributed by atoms with E-state index in [0.29, 0.717) is 5.69 Å². The van der Waals surface area contributed by atoms with Crippen molar-refractivity contribution in [3.63, 3.8) is 0 Å². The van der Waals surface area contributed by atoms with Crippen LogP contribution in [0, 0.1) is 0 Å². The van der Waals surface area contributed by atoms with E-state index in [-0.39, 0.29) is 5.91 Å². The fraction of sp³-hybridized carbons (Fsp3) is 0.300. The number of nitrogens with one attached hydrogen (secondary N) is 1. The molecule has 0 unspecified atom stereocenters. The van der Waals surface area contributed by atoms with Gasteiger partial charge in [0.15, 0.2) is 0 Å². The van der Waals surface area contributed by atoms with Crippen molar-refractivity contribution in [2.75, 3.05) is 33.3 Å². The fourth-order valence-electron chi connectivity index (χ4n) is 3.43. The topological polar surface area (TPSA) is 66.4 Å². The molecule has 1 fully saturated rings. The quantitative estimate of drug-likeness (QED) is 0.753. The first-order valence-corrected chi connectivity index (χ1v) is 9.06. The molecule has 4 rings (SSSR count). The summed E-state index contributed by atoms with van der Waals surface area (Å²) in [6.07, 6.45) is 5.50. The van der Waals surface area contributed by atoms with E-state index in [1.54, 1.807) is 19.5 Å². The van der Waals surface area contributed by atoms with E-state index in [4.69, 9.17) is 4.74 Å². The largest absolute Gasteiger partial charge is 0.497 e. The van der Waals surface area contributed by atoms with Crippen molar-refractivity contribution < 1.29 is 9.53 Å². The normalized spacial score (nSPS) is 15.1. The van der Waals surface area contributed by atoms with E-state index < -0.39 is 0 Å². The lowest BCUT2D eigenvalue weighted by molar-refractivity contribution is 0.0623. The number of H-pyrrole nitrogens is 1. The highest BCUT2D eigenvalue weighted by Gasteiger charge is 2.23. The number of ether oxygens (including phenoxy) is 1. The molecule has 27 heavy (non-hydrogen) atoms. The van der Waals surface area contributed by atoms with Crippen LogP contribution in [-0.4, -0.2) is 63.8 Å². The zero-order valence-electron chi connectivity index (χ0n) is 15.3. The summed E-state index contributed by atoms with van der Waals surface area (Å²) in [6, 6.07) is 11.6. The van der Waals surface area contributed by atoms with Gasteiger partial charge in [0.2, 0.25) is 0 Å². The number of piperazine rings is 1. The smallest absolute Gasteiger partial charge is 0.270 e. The van der Waals surface area contributed by atoms with Crippen LogP contribution >= 0.6 is 0 Å². The van der Waals surface area contributed by atoms with Crippen molar-refractivity contribution in [3.05, 3.63) is 66.2 Å². The molecule has 140 valence electrons. The number of benzene rings is 1. The van der Waals surface area contributed by atoms with Crippen LogP contribution in [0.25, 0.3) is 5.69 Å². The van der Waals surface area contributed by atoms with E-state index in [9.17, 15) is 4.79 Å². The van der Waals surface area contributed by atoms with Crippen molar-refractivity contribution in [2.24, 2.45) is 0 Å². The third-order valence-corrected chi connectivity index (χ3v) is 4.92. The van der Waals surface area contributed by atoms with Crippen molar-refractivity contribution in [1.29, 1.82) is 0 Å². The maximum Gasteiger partial charge on any atom is 0.270 e. The summed E-state index contributed by atoms with van der Waals surface area (Å²) in [4.78, 5) is 19.7. The van der Waals surface area contributed by atoms with E-state index >= 15 is 0 Å². The standard InChI is InChI=1S/C20H23N5O2/c1-27-17-5-6-19(25-9-3-8-22-25)16(14-17)15-23-10-12-24(13-11-23)20(26)18-4-2-7-21-18/h2-9,14,21H,10-13,15H2,1H3. The summed E-state index contributed by atoms with van der Waals surface area (Å²) >= 11 is 0. The minimum Gasteiger partial charge on any atom is -0.497 e. The van der Waals surface area contributed by atoms with E-state index in [1.807, 2.05) is 46.1 Å². The predicted octanol–water partition coefficient (Wildman–Crippen LogP) is 2.17. The third kappa shape index (κ3) is 3.73. The second-order valence-electron chi connectivity index (χ2n) is 6.60. The number of nitrogens with zero attached hydrogens (tertiary/aromatic N) is 4. The van der Waals surface area contributed by atoms with Crippen LogP contribution in [-0.2, 0) is 6.54 Å². The Morgan fingerprint density at radius 3 is 2.70 bits per heavy atom. The Morgan fingerprint density at radius 2 is 2.04 bits per heavy atom.